The molecule has 1 N–H and O–H groups in total. The molecular weight excluding hydrogens is 262 g/mol. The Balaban J connectivity index is 2.50. The number of carboxylic acid groups (broad SMARTS) is 2. The largest absolute Gasteiger partial charge is 0.550 e. The number of carboxylic acids is 2. The lowest BCUT2D eigenvalue weighted by atomic mass is 10.0. The van der Waals surface area contributed by atoms with Crippen molar-refractivity contribution in [1.82, 2.24) is 0 Å². The number of carbonyl (C=O) groups excluding carboxylic acids is 3. The predicted molar refractivity (Wildman–Crippen MR) is 67.4 cm³/mol. The van der Waals surface area contributed by atoms with Crippen LogP contribution in [0.5, 0.6) is 0 Å². The molecule has 6 heteroatoms. The fourth-order valence-electron chi connectivity index (χ4n) is 1.71. The molecule has 1 aromatic carbocycles. The number of nitrogens with one attached hydrogen (secondary N) is 1. The van der Waals surface area contributed by atoms with Gasteiger partial charge in [0.15, 0.2) is 0 Å². The van der Waals surface area contributed by atoms with Crippen LogP contribution in [0.1, 0.15) is 36.5 Å². The van der Waals surface area contributed by atoms with Crippen molar-refractivity contribution >= 4 is 23.5 Å². The van der Waals surface area contributed by atoms with E-state index < -0.39 is 17.9 Å². The van der Waals surface area contributed by atoms with Crippen molar-refractivity contribution in [2.24, 2.45) is 5.92 Å². The molecule has 0 fully saturated rings. The van der Waals surface area contributed by atoms with E-state index in [4.69, 9.17) is 0 Å². The van der Waals surface area contributed by atoms with Crippen LogP contribution in [0.2, 0.25) is 0 Å². The fourth-order valence-corrected chi connectivity index (χ4v) is 1.71. The quantitative estimate of drug-likeness (QED) is 0.725. The van der Waals surface area contributed by atoms with Crippen molar-refractivity contribution in [3.63, 3.8) is 0 Å². The van der Waals surface area contributed by atoms with Gasteiger partial charge in [-0.2, -0.15) is 0 Å². The summed E-state index contributed by atoms with van der Waals surface area (Å²) in [6.07, 6.45) is 0.687. The lowest BCUT2D eigenvalue weighted by Gasteiger charge is -2.15. The zero-order valence-electron chi connectivity index (χ0n) is 11.0. The van der Waals surface area contributed by atoms with Gasteiger partial charge in [-0.05, 0) is 36.5 Å². The minimum absolute atomic E-state index is 0.0194. The molecule has 108 valence electrons. The topological polar surface area (TPSA) is 109 Å². The molecule has 0 aliphatic heterocycles. The molecule has 1 aromatic rings. The van der Waals surface area contributed by atoms with Gasteiger partial charge >= 0.3 is 0 Å². The summed E-state index contributed by atoms with van der Waals surface area (Å²) in [5.41, 5.74) is 0.465. The molecule has 0 bridgehead atoms. The van der Waals surface area contributed by atoms with Crippen LogP contribution in [-0.2, 0) is 9.59 Å². The van der Waals surface area contributed by atoms with E-state index in [-0.39, 0.29) is 24.3 Å². The molecular formula is C14H15NO5-2. The highest BCUT2D eigenvalue weighted by Gasteiger charge is 2.10. The minimum atomic E-state index is -1.29. The summed E-state index contributed by atoms with van der Waals surface area (Å²) < 4.78 is 0. The highest BCUT2D eigenvalue weighted by molar-refractivity contribution is 5.92. The van der Waals surface area contributed by atoms with Crippen LogP contribution >= 0.6 is 0 Å². The number of anilines is 1. The second-order valence-corrected chi connectivity index (χ2v) is 4.38. The lowest BCUT2D eigenvalue weighted by molar-refractivity contribution is -0.311. The molecule has 0 aliphatic carbocycles. The molecule has 0 spiro atoms. The van der Waals surface area contributed by atoms with E-state index in [0.717, 1.165) is 0 Å². The summed E-state index contributed by atoms with van der Waals surface area (Å²) in [7, 11) is 0. The Morgan fingerprint density at radius 1 is 1.15 bits per heavy atom. The van der Waals surface area contributed by atoms with Crippen molar-refractivity contribution < 1.29 is 24.6 Å². The van der Waals surface area contributed by atoms with Gasteiger partial charge in [-0.3, -0.25) is 4.79 Å². The Morgan fingerprint density at radius 3 is 2.20 bits per heavy atom. The van der Waals surface area contributed by atoms with E-state index in [1.54, 1.807) is 6.92 Å². The number of benzene rings is 1. The number of rotatable bonds is 7. The summed E-state index contributed by atoms with van der Waals surface area (Å²) in [5.74, 6) is -3.41. The van der Waals surface area contributed by atoms with E-state index in [0.29, 0.717) is 12.1 Å². The van der Waals surface area contributed by atoms with E-state index >= 15 is 0 Å². The zero-order valence-corrected chi connectivity index (χ0v) is 11.0. The molecule has 1 amide bonds. The van der Waals surface area contributed by atoms with E-state index in [1.165, 1.54) is 24.3 Å². The van der Waals surface area contributed by atoms with Crippen molar-refractivity contribution in [3.05, 3.63) is 29.8 Å². The number of aromatic carboxylic acids is 1. The standard InChI is InChI=1S/C14H17NO5/c1-2-9(13(17)18)5-8-12(16)15-11-6-3-10(4-7-11)14(19)20/h3-4,6-7,9H,2,5,8H2,1H3,(H,15,16)(H,17,18)(H,19,20)/p-2. The monoisotopic (exact) mass is 277 g/mol. The van der Waals surface area contributed by atoms with Gasteiger partial charge in [0.05, 0.1) is 5.97 Å². The molecule has 6 nitrogen and oxygen atoms in total. The smallest absolute Gasteiger partial charge is 0.224 e. The second-order valence-electron chi connectivity index (χ2n) is 4.38. The maximum atomic E-state index is 11.6. The van der Waals surface area contributed by atoms with Crippen LogP contribution in [0, 0.1) is 5.92 Å². The molecule has 0 heterocycles. The minimum Gasteiger partial charge on any atom is -0.550 e. The summed E-state index contributed by atoms with van der Waals surface area (Å²) >= 11 is 0. The molecule has 20 heavy (non-hydrogen) atoms. The normalized spacial score (nSPS) is 11.7. The van der Waals surface area contributed by atoms with Gasteiger partial charge in [0.2, 0.25) is 5.91 Å². The van der Waals surface area contributed by atoms with Gasteiger partial charge in [-0.25, -0.2) is 0 Å². The SMILES string of the molecule is CCC(CCC(=O)Nc1ccc(C(=O)[O-])cc1)C(=O)[O-]. The summed E-state index contributed by atoms with van der Waals surface area (Å²) in [6.45, 7) is 1.72. The van der Waals surface area contributed by atoms with Crippen molar-refractivity contribution in [1.29, 1.82) is 0 Å². The average Bonchev–Trinajstić information content (AvgIpc) is 2.39. The molecule has 1 rings (SSSR count). The number of amides is 1. The first-order valence-electron chi connectivity index (χ1n) is 6.26. The highest BCUT2D eigenvalue weighted by Crippen LogP contribution is 2.13. The third kappa shape index (κ3) is 4.72. The first-order chi connectivity index (χ1) is 9.43. The van der Waals surface area contributed by atoms with Crippen LogP contribution in [0.15, 0.2) is 24.3 Å². The second kappa shape index (κ2) is 7.28. The van der Waals surface area contributed by atoms with Crippen molar-refractivity contribution in [2.45, 2.75) is 26.2 Å². The average molecular weight is 277 g/mol. The highest BCUT2D eigenvalue weighted by atomic mass is 16.4. The molecule has 0 radical (unpaired) electrons. The van der Waals surface area contributed by atoms with Crippen molar-refractivity contribution in [2.75, 3.05) is 5.32 Å². The Bertz CT molecular complexity index is 495. The number of aliphatic carboxylic acids is 1. The summed E-state index contributed by atoms with van der Waals surface area (Å²) in [6, 6.07) is 5.53. The third-order valence-corrected chi connectivity index (χ3v) is 2.95. The molecule has 0 aromatic heterocycles. The molecule has 1 unspecified atom stereocenters. The van der Waals surface area contributed by atoms with E-state index in [2.05, 4.69) is 5.32 Å². The van der Waals surface area contributed by atoms with Crippen LogP contribution < -0.4 is 15.5 Å². The van der Waals surface area contributed by atoms with Crippen LogP contribution in [0.25, 0.3) is 0 Å². The van der Waals surface area contributed by atoms with Crippen molar-refractivity contribution in [3.8, 4) is 0 Å². The Morgan fingerprint density at radius 2 is 1.75 bits per heavy atom. The Labute approximate surface area is 116 Å². The van der Waals surface area contributed by atoms with Gasteiger partial charge in [0.1, 0.15) is 0 Å². The van der Waals surface area contributed by atoms with E-state index in [9.17, 15) is 24.6 Å². The van der Waals surface area contributed by atoms with Gasteiger partial charge < -0.3 is 25.1 Å². The van der Waals surface area contributed by atoms with Gasteiger partial charge in [0.25, 0.3) is 0 Å². The summed E-state index contributed by atoms with van der Waals surface area (Å²) in [4.78, 5) is 32.9. The molecule has 0 saturated heterocycles. The summed E-state index contributed by atoms with van der Waals surface area (Å²) in [5, 5.41) is 23.8. The van der Waals surface area contributed by atoms with E-state index in [1.807, 2.05) is 0 Å². The Hall–Kier alpha value is -2.37. The van der Waals surface area contributed by atoms with Crippen LogP contribution in [0.4, 0.5) is 5.69 Å². The molecule has 1 atom stereocenters. The lowest BCUT2D eigenvalue weighted by Crippen LogP contribution is -2.31. The maximum Gasteiger partial charge on any atom is 0.224 e. The first-order valence-corrected chi connectivity index (χ1v) is 6.26. The van der Waals surface area contributed by atoms with Gasteiger partial charge in [-0.1, -0.05) is 19.1 Å². The number of hydrogen-bond acceptors (Lipinski definition) is 5. The third-order valence-electron chi connectivity index (χ3n) is 2.95. The maximum absolute atomic E-state index is 11.6. The van der Waals surface area contributed by atoms with Gasteiger partial charge in [-0.15, -0.1) is 0 Å². The number of hydrogen-bond donors (Lipinski definition) is 1. The fraction of sp³-hybridized carbons (Fsp3) is 0.357. The predicted octanol–water partition coefficient (Wildman–Crippen LogP) is -0.455. The molecule has 0 saturated carbocycles. The van der Waals surface area contributed by atoms with Crippen LogP contribution in [0.3, 0.4) is 0 Å². The van der Waals surface area contributed by atoms with Crippen LogP contribution in [-0.4, -0.2) is 17.8 Å². The van der Waals surface area contributed by atoms with Gasteiger partial charge in [0, 0.05) is 18.1 Å². The Kier molecular flexibility index (Phi) is 5.71. The number of carbonyl (C=O) groups is 3. The first kappa shape index (κ1) is 15.7. The zero-order chi connectivity index (χ0) is 15.1. The molecule has 0 aliphatic rings.